The predicted molar refractivity (Wildman–Crippen MR) is 114 cm³/mol. The molecule has 2 heterocycles. The number of hydrogen-bond donors (Lipinski definition) is 0. The third-order valence-electron chi connectivity index (χ3n) is 6.88. The number of halogens is 2. The Morgan fingerprint density at radius 3 is 2.42 bits per heavy atom. The number of amides is 1. The van der Waals surface area contributed by atoms with Crippen LogP contribution in [0.4, 0.5) is 13.6 Å². The van der Waals surface area contributed by atoms with Gasteiger partial charge in [-0.1, -0.05) is 30.3 Å². The molecule has 3 aliphatic rings. The van der Waals surface area contributed by atoms with Crippen molar-refractivity contribution in [3.63, 3.8) is 0 Å². The summed E-state index contributed by atoms with van der Waals surface area (Å²) in [5, 5.41) is 0. The van der Waals surface area contributed by atoms with Gasteiger partial charge in [0, 0.05) is 45.1 Å². The van der Waals surface area contributed by atoms with Crippen LogP contribution in [0.2, 0.25) is 0 Å². The highest BCUT2D eigenvalue weighted by molar-refractivity contribution is 5.67. The highest BCUT2D eigenvalue weighted by Gasteiger charge is 2.45. The van der Waals surface area contributed by atoms with E-state index in [1.54, 1.807) is 0 Å². The van der Waals surface area contributed by atoms with Gasteiger partial charge >= 0.3 is 6.09 Å². The number of alkyl halides is 2. The van der Waals surface area contributed by atoms with Crippen LogP contribution >= 0.6 is 0 Å². The topological polar surface area (TPSA) is 42.0 Å². The van der Waals surface area contributed by atoms with Crippen molar-refractivity contribution in [1.29, 1.82) is 0 Å². The highest BCUT2D eigenvalue weighted by atomic mass is 19.3. The number of ether oxygens (including phenoxy) is 2. The molecular formula is C24H34F2N2O3. The molecule has 1 amide bonds. The first-order valence-electron chi connectivity index (χ1n) is 11.6. The lowest BCUT2D eigenvalue weighted by atomic mass is 9.82. The van der Waals surface area contributed by atoms with E-state index in [4.69, 9.17) is 9.47 Å². The molecule has 1 aromatic carbocycles. The smallest absolute Gasteiger partial charge is 0.410 e. The number of carbonyl (C=O) groups is 1. The Balaban J connectivity index is 1.13. The molecule has 2 aliphatic heterocycles. The van der Waals surface area contributed by atoms with Crippen molar-refractivity contribution < 1.29 is 23.0 Å². The van der Waals surface area contributed by atoms with E-state index in [2.05, 4.69) is 4.90 Å². The third kappa shape index (κ3) is 6.39. The normalized spacial score (nSPS) is 25.2. The molecule has 31 heavy (non-hydrogen) atoms. The molecule has 0 aromatic heterocycles. The molecule has 1 atom stereocenters. The van der Waals surface area contributed by atoms with Crippen molar-refractivity contribution in [1.82, 2.24) is 9.80 Å². The molecule has 2 saturated heterocycles. The van der Waals surface area contributed by atoms with Gasteiger partial charge in [-0.3, -0.25) is 4.90 Å². The summed E-state index contributed by atoms with van der Waals surface area (Å²) in [4.78, 5) is 16.7. The molecule has 1 saturated carbocycles. The lowest BCUT2D eigenvalue weighted by Gasteiger charge is -2.42. The monoisotopic (exact) mass is 436 g/mol. The molecule has 3 fully saturated rings. The zero-order valence-electron chi connectivity index (χ0n) is 18.2. The van der Waals surface area contributed by atoms with Crippen molar-refractivity contribution in [2.45, 2.75) is 57.1 Å². The van der Waals surface area contributed by atoms with Gasteiger partial charge in [-0.2, -0.15) is 0 Å². The predicted octanol–water partition coefficient (Wildman–Crippen LogP) is 4.56. The van der Waals surface area contributed by atoms with Crippen LogP contribution in [0.15, 0.2) is 30.3 Å². The molecule has 0 bridgehead atoms. The van der Waals surface area contributed by atoms with E-state index in [1.165, 1.54) is 0 Å². The van der Waals surface area contributed by atoms with Gasteiger partial charge in [0.1, 0.15) is 6.61 Å². The molecule has 0 spiro atoms. The Morgan fingerprint density at radius 2 is 1.71 bits per heavy atom. The van der Waals surface area contributed by atoms with Crippen molar-refractivity contribution in [3.8, 4) is 0 Å². The summed E-state index contributed by atoms with van der Waals surface area (Å²) in [6, 6.07) is 10.2. The van der Waals surface area contributed by atoms with E-state index in [9.17, 15) is 13.6 Å². The number of rotatable bonds is 7. The van der Waals surface area contributed by atoms with Crippen LogP contribution in [0, 0.1) is 11.8 Å². The average Bonchev–Trinajstić information content (AvgIpc) is 2.77. The molecule has 0 N–H and O–H groups in total. The molecule has 0 radical (unpaired) electrons. The van der Waals surface area contributed by atoms with Crippen molar-refractivity contribution >= 4 is 6.09 Å². The van der Waals surface area contributed by atoms with Crippen LogP contribution < -0.4 is 0 Å². The molecule has 1 unspecified atom stereocenters. The first-order chi connectivity index (χ1) is 15.0. The zero-order valence-corrected chi connectivity index (χ0v) is 18.2. The Bertz CT molecular complexity index is 702. The molecule has 1 aliphatic carbocycles. The maximum atomic E-state index is 12.9. The van der Waals surface area contributed by atoms with Gasteiger partial charge in [-0.05, 0) is 49.6 Å². The Hall–Kier alpha value is -1.73. The van der Waals surface area contributed by atoms with Gasteiger partial charge < -0.3 is 14.4 Å². The minimum atomic E-state index is -2.46. The van der Waals surface area contributed by atoms with Crippen LogP contribution in [-0.4, -0.2) is 67.3 Å². The summed E-state index contributed by atoms with van der Waals surface area (Å²) < 4.78 is 37.1. The number of carbonyl (C=O) groups excluding carboxylic acids is 1. The fourth-order valence-corrected chi connectivity index (χ4v) is 5.09. The van der Waals surface area contributed by atoms with E-state index in [0.29, 0.717) is 31.8 Å². The maximum Gasteiger partial charge on any atom is 0.410 e. The van der Waals surface area contributed by atoms with E-state index in [1.807, 2.05) is 35.2 Å². The lowest BCUT2D eigenvalue weighted by molar-refractivity contribution is -0.130. The fraction of sp³-hybridized carbons (Fsp3) is 0.708. The molecule has 172 valence electrons. The van der Waals surface area contributed by atoms with Crippen molar-refractivity contribution in [2.75, 3.05) is 39.4 Å². The maximum absolute atomic E-state index is 12.9. The zero-order chi connectivity index (χ0) is 21.7. The standard InChI is InChI=1S/C24H34F2N2O3/c25-24(26)13-21(14-24)17-30-16-20-7-4-10-28(15-20)22-8-11-27(12-9-22)23(29)31-18-19-5-2-1-3-6-19/h1-3,5-6,20-22H,4,7-18H2. The minimum Gasteiger partial charge on any atom is -0.445 e. The number of benzene rings is 1. The fourth-order valence-electron chi connectivity index (χ4n) is 5.09. The van der Waals surface area contributed by atoms with Crippen molar-refractivity contribution in [3.05, 3.63) is 35.9 Å². The SMILES string of the molecule is O=C(OCc1ccccc1)N1CCC(N2CCCC(COCC3CC(F)(F)C3)C2)CC1. The Labute approximate surface area is 183 Å². The van der Waals surface area contributed by atoms with Crippen LogP contribution in [0.5, 0.6) is 0 Å². The largest absolute Gasteiger partial charge is 0.445 e. The Morgan fingerprint density at radius 1 is 1.00 bits per heavy atom. The van der Waals surface area contributed by atoms with E-state index >= 15 is 0 Å². The summed E-state index contributed by atoms with van der Waals surface area (Å²) >= 11 is 0. The Kier molecular flexibility index (Phi) is 7.43. The molecule has 5 nitrogen and oxygen atoms in total. The van der Waals surface area contributed by atoms with E-state index in [-0.39, 0.29) is 24.9 Å². The van der Waals surface area contributed by atoms with Gasteiger partial charge in [0.15, 0.2) is 0 Å². The summed E-state index contributed by atoms with van der Waals surface area (Å²) in [7, 11) is 0. The molecule has 1 aromatic rings. The van der Waals surface area contributed by atoms with Gasteiger partial charge in [-0.15, -0.1) is 0 Å². The second-order valence-electron chi connectivity index (χ2n) is 9.43. The van der Waals surface area contributed by atoms with Crippen LogP contribution in [0.3, 0.4) is 0 Å². The van der Waals surface area contributed by atoms with Gasteiger partial charge in [0.25, 0.3) is 0 Å². The summed E-state index contributed by atoms with van der Waals surface area (Å²) in [6.45, 7) is 5.00. The first-order valence-corrected chi connectivity index (χ1v) is 11.6. The number of hydrogen-bond acceptors (Lipinski definition) is 4. The van der Waals surface area contributed by atoms with E-state index < -0.39 is 5.92 Å². The summed E-state index contributed by atoms with van der Waals surface area (Å²) in [6.07, 6.45) is 3.95. The number of nitrogens with zero attached hydrogens (tertiary/aromatic N) is 2. The highest BCUT2D eigenvalue weighted by Crippen LogP contribution is 2.42. The lowest BCUT2D eigenvalue weighted by Crippen LogP contribution is -2.50. The second kappa shape index (κ2) is 10.3. The summed E-state index contributed by atoms with van der Waals surface area (Å²) in [5.41, 5.74) is 0.998. The first kappa shape index (κ1) is 22.5. The van der Waals surface area contributed by atoms with Crippen LogP contribution in [-0.2, 0) is 16.1 Å². The number of likely N-dealkylation sites (tertiary alicyclic amines) is 2. The molecular weight excluding hydrogens is 402 g/mol. The van der Waals surface area contributed by atoms with E-state index in [0.717, 1.165) is 57.4 Å². The summed E-state index contributed by atoms with van der Waals surface area (Å²) in [5.74, 6) is -1.96. The van der Waals surface area contributed by atoms with Gasteiger partial charge in [0.05, 0.1) is 6.61 Å². The van der Waals surface area contributed by atoms with Crippen molar-refractivity contribution in [2.24, 2.45) is 11.8 Å². The third-order valence-corrected chi connectivity index (χ3v) is 6.88. The molecule has 4 rings (SSSR count). The van der Waals surface area contributed by atoms with Crippen LogP contribution in [0.25, 0.3) is 0 Å². The van der Waals surface area contributed by atoms with Gasteiger partial charge in [-0.25, -0.2) is 13.6 Å². The quantitative estimate of drug-likeness (QED) is 0.628. The minimum absolute atomic E-state index is 0.0177. The molecule has 7 heteroatoms. The second-order valence-corrected chi connectivity index (χ2v) is 9.43. The number of piperidine rings is 2. The average molecular weight is 437 g/mol. The van der Waals surface area contributed by atoms with Crippen LogP contribution in [0.1, 0.15) is 44.1 Å². The van der Waals surface area contributed by atoms with Gasteiger partial charge in [0.2, 0.25) is 5.92 Å².